The highest BCUT2D eigenvalue weighted by Gasteiger charge is 2.64. The number of nitrogens with zero attached hydrogens (tertiary/aromatic N) is 15. The number of carbonyl (C=O) groups excluding carboxylic acids is 4. The standard InChI is InChI=1S/C29H37N3O2.3C26H36N4O2/c1-28(34)11-9-21-19(14-28)4-5-23-22(21)10-12-29(2)24(23)6-7-25(29)27(33)17-32-16-20-13-18(15-30)3-8-26(20)31-32;1-25(32)9-7-18-16(11-25)3-4-20-19(18)8-10-26(2)21(20)5-6-22(26)23(31)14-30-13-17-12-27-15-28-24(17)29-30;1-25(32)9-7-18-16(11-25)3-4-20-19(18)8-10-26(2)21(20)5-6-22(26)23(31)14-30-24-17(13-29-30)12-27-15-28-24;1-25(32)9-7-17-16(11-25)3-4-19-18(17)8-10-26(2)20(19)5-6-21(26)24(31)14-30-23-13-27-15-28-22(23)12-29-30/h3,8,13,16,19,21-25,34H,4-7,9-12,14,17H2,1-2H3;2*12-13,15-16,18-22,32H,3-11,14H2,1-2H3;12-13,15-21,32H,3-11,14H2,1-2H3/t19-,21+,22-,23-,24+,25-,28-,29+;2*16-,18+,19-,20-,21+,22-,25-,26+;16-,17+,18-,19-,20+,21-,25-,26+/m1111/s1. The van der Waals surface area contributed by atoms with Gasteiger partial charge in [-0.05, 0) is 417 Å². The molecule has 0 saturated heterocycles. The number of rotatable bonds is 12. The maximum absolute atomic E-state index is 13.6. The van der Waals surface area contributed by atoms with Crippen molar-refractivity contribution < 1.29 is 39.6 Å². The molecular formula is C107H145N15O8. The van der Waals surface area contributed by atoms with Crippen LogP contribution in [0, 0.1) is 175 Å². The van der Waals surface area contributed by atoms with Gasteiger partial charge in [-0.2, -0.15) is 25.7 Å². The summed E-state index contributed by atoms with van der Waals surface area (Å²) in [6.07, 6.45) is 58.6. The van der Waals surface area contributed by atoms with Crippen molar-refractivity contribution in [1.29, 1.82) is 5.26 Å². The zero-order chi connectivity index (χ0) is 89.9. The van der Waals surface area contributed by atoms with Crippen molar-refractivity contribution in [2.75, 3.05) is 0 Å². The van der Waals surface area contributed by atoms with Gasteiger partial charge in [0.2, 0.25) is 0 Å². The number of hydrogen-bond acceptors (Lipinski definition) is 19. The minimum Gasteiger partial charge on any atom is -0.390 e. The van der Waals surface area contributed by atoms with Crippen molar-refractivity contribution in [2.45, 2.75) is 335 Å². The van der Waals surface area contributed by atoms with Crippen LogP contribution in [0.2, 0.25) is 0 Å². The minimum atomic E-state index is -0.463. The third-order valence-corrected chi connectivity index (χ3v) is 41.3. The summed E-state index contributed by atoms with van der Waals surface area (Å²) in [5.41, 5.74) is 3.20. The average molecular weight is 1770 g/mol. The SMILES string of the molecule is C[C@@]1(O)CC[C@H]2[C@H](CC[C@@H]3[C@@H]2CC[C@]2(C)[C@@H](C(=O)Cn4cc5cc(C#N)ccc5n4)CC[C@@H]32)C1.C[C@@]1(O)CC[C@H]2[C@H](CC[C@@H]3[C@@H]2CC[C@]2(C)[C@@H](C(=O)Cn4cc5cncnc5n4)CC[C@@H]32)C1.C[C@@]1(O)CC[C@H]2[C@H](CC[C@@H]3[C@@H]2CC[C@]2(C)[C@@H](C(=O)Cn4ncc5cncnc54)CC[C@@H]32)C1.C[C@@]1(O)CC[C@H]2[C@H](CC[C@@H]3[C@@H]2CC[C@]2(C)[C@@H](C(=O)Cn4ncc5ncncc54)CC[C@@H]32)C1. The van der Waals surface area contributed by atoms with Gasteiger partial charge >= 0.3 is 0 Å². The Bertz CT molecular complexity index is 5390. The number of fused-ring (bicyclic) bond motifs is 24. The molecule has 8 aromatic rings. The summed E-state index contributed by atoms with van der Waals surface area (Å²) in [4.78, 5) is 79.2. The van der Waals surface area contributed by atoms with Gasteiger partial charge in [0.15, 0.2) is 34.4 Å². The molecule has 0 amide bonds. The fourth-order valence-electron chi connectivity index (χ4n) is 35.5. The van der Waals surface area contributed by atoms with Crippen LogP contribution in [0.25, 0.3) is 44.0 Å². The van der Waals surface area contributed by atoms with Crippen LogP contribution < -0.4 is 0 Å². The van der Waals surface area contributed by atoms with E-state index in [0.29, 0.717) is 108 Å². The van der Waals surface area contributed by atoms with E-state index in [-0.39, 0.29) is 45.3 Å². The molecule has 16 aliphatic rings. The van der Waals surface area contributed by atoms with E-state index in [1.54, 1.807) is 55.8 Å². The van der Waals surface area contributed by atoms with Gasteiger partial charge < -0.3 is 20.4 Å². The Morgan fingerprint density at radius 1 is 0.362 bits per heavy atom. The van der Waals surface area contributed by atoms with E-state index in [1.165, 1.54) is 173 Å². The first-order chi connectivity index (χ1) is 62.3. The molecule has 0 bridgehead atoms. The van der Waals surface area contributed by atoms with Crippen LogP contribution in [0.4, 0.5) is 0 Å². The van der Waals surface area contributed by atoms with Gasteiger partial charge in [-0.3, -0.25) is 33.2 Å². The topological polar surface area (TPSA) is 322 Å². The van der Waals surface area contributed by atoms with Crippen LogP contribution in [0.1, 0.15) is 292 Å². The van der Waals surface area contributed by atoms with E-state index < -0.39 is 22.4 Å². The molecular weight excluding hydrogens is 1620 g/mol. The van der Waals surface area contributed by atoms with Crippen LogP contribution >= 0.6 is 0 Å². The number of hydrogen-bond donors (Lipinski definition) is 4. The molecule has 23 heteroatoms. The monoisotopic (exact) mass is 1770 g/mol. The Balaban J connectivity index is 0.000000105. The summed E-state index contributed by atoms with van der Waals surface area (Å²) < 4.78 is 7.11. The molecule has 0 radical (unpaired) electrons. The van der Waals surface area contributed by atoms with Crippen molar-refractivity contribution in [3.05, 3.63) is 86.1 Å². The van der Waals surface area contributed by atoms with Gasteiger partial charge in [0.1, 0.15) is 43.1 Å². The number of nitriles is 1. The van der Waals surface area contributed by atoms with E-state index in [1.807, 2.05) is 52.2 Å². The highest BCUT2D eigenvalue weighted by Crippen LogP contribution is 2.70. The normalized spacial score (nSPS) is 42.9. The van der Waals surface area contributed by atoms with Crippen LogP contribution in [-0.4, -0.2) is 135 Å². The van der Waals surface area contributed by atoms with Crippen molar-refractivity contribution in [2.24, 2.45) is 164 Å². The van der Waals surface area contributed by atoms with E-state index in [9.17, 15) is 39.6 Å². The van der Waals surface area contributed by atoms with Gasteiger partial charge in [-0.1, -0.05) is 27.7 Å². The highest BCUT2D eigenvalue weighted by atomic mass is 16.3. The van der Waals surface area contributed by atoms with Gasteiger partial charge in [0.25, 0.3) is 0 Å². The molecule has 696 valence electrons. The summed E-state index contributed by atoms with van der Waals surface area (Å²) in [5, 5.41) is 72.3. The molecule has 16 saturated carbocycles. The van der Waals surface area contributed by atoms with E-state index in [4.69, 9.17) is 5.26 Å². The molecule has 16 aliphatic carbocycles. The summed E-state index contributed by atoms with van der Waals surface area (Å²) >= 11 is 0. The van der Waals surface area contributed by atoms with Gasteiger partial charge in [0.05, 0.1) is 82.0 Å². The quantitative estimate of drug-likeness (QED) is 0.0883. The minimum absolute atomic E-state index is 0.117. The Labute approximate surface area is 767 Å². The predicted molar refractivity (Wildman–Crippen MR) is 495 cm³/mol. The number of aliphatic hydroxyl groups is 4. The third-order valence-electron chi connectivity index (χ3n) is 41.3. The smallest absolute Gasteiger partial charge is 0.184 e. The first-order valence-electron chi connectivity index (χ1n) is 51.6. The van der Waals surface area contributed by atoms with Crippen LogP contribution in [-0.2, 0) is 45.4 Å². The van der Waals surface area contributed by atoms with Gasteiger partial charge in [0, 0.05) is 53.8 Å². The predicted octanol–water partition coefficient (Wildman–Crippen LogP) is 18.7. The molecule has 16 fully saturated rings. The molecule has 7 heterocycles. The molecule has 24 rings (SSSR count). The summed E-state index contributed by atoms with van der Waals surface area (Å²) in [5.74, 6) is 16.9. The molecule has 1 aromatic carbocycles. The van der Waals surface area contributed by atoms with Crippen molar-refractivity contribution in [3.63, 3.8) is 0 Å². The maximum atomic E-state index is 13.6. The van der Waals surface area contributed by atoms with Crippen molar-refractivity contribution in [3.8, 4) is 6.07 Å². The lowest BCUT2D eigenvalue weighted by atomic mass is 9.49. The largest absolute Gasteiger partial charge is 0.390 e. The first kappa shape index (κ1) is 88.9. The number of aromatic nitrogens is 14. The molecule has 4 N–H and O–H groups in total. The highest BCUT2D eigenvalue weighted by molar-refractivity contribution is 5.86. The Morgan fingerprint density at radius 2 is 0.731 bits per heavy atom. The zero-order valence-corrected chi connectivity index (χ0v) is 78.8. The van der Waals surface area contributed by atoms with E-state index in [2.05, 4.69) is 84.1 Å². The van der Waals surface area contributed by atoms with Gasteiger partial charge in [-0.25, -0.2) is 34.6 Å². The lowest BCUT2D eigenvalue weighted by molar-refractivity contribution is -0.133. The molecule has 7 aromatic heterocycles. The molecule has 0 unspecified atom stereocenters. The lowest BCUT2D eigenvalue weighted by Crippen LogP contribution is -2.51. The Morgan fingerprint density at radius 3 is 1.16 bits per heavy atom. The molecule has 32 atom stereocenters. The summed E-state index contributed by atoms with van der Waals surface area (Å²) in [6, 6.07) is 7.67. The van der Waals surface area contributed by atoms with Crippen molar-refractivity contribution >= 4 is 67.1 Å². The fraction of sp³-hybridized carbons (Fsp3) is 0.748. The number of Topliss-reactive ketones (excluding diaryl/α,β-unsaturated/α-hetero) is 4. The van der Waals surface area contributed by atoms with E-state index >= 15 is 0 Å². The Hall–Kier alpha value is -7.65. The fourth-order valence-corrected chi connectivity index (χ4v) is 35.5. The van der Waals surface area contributed by atoms with Crippen molar-refractivity contribution in [1.82, 2.24) is 69.0 Å². The average Bonchev–Trinajstić information content (AvgIpc) is 1.53. The zero-order valence-electron chi connectivity index (χ0n) is 78.8. The second-order valence-corrected chi connectivity index (χ2v) is 48.3. The summed E-state index contributed by atoms with van der Waals surface area (Å²) in [6.45, 7) is 19.2. The first-order valence-corrected chi connectivity index (χ1v) is 51.6. The second kappa shape index (κ2) is 34.0. The second-order valence-electron chi connectivity index (χ2n) is 48.3. The maximum Gasteiger partial charge on any atom is 0.184 e. The van der Waals surface area contributed by atoms with E-state index in [0.717, 1.165) is 186 Å². The summed E-state index contributed by atoms with van der Waals surface area (Å²) in [7, 11) is 0. The molecule has 0 aliphatic heterocycles. The third kappa shape index (κ3) is 16.1. The van der Waals surface area contributed by atoms with Gasteiger partial charge in [-0.15, -0.1) is 0 Å². The Kier molecular flexibility index (Phi) is 23.3. The van der Waals surface area contributed by atoms with Crippen LogP contribution in [0.5, 0.6) is 0 Å². The van der Waals surface area contributed by atoms with Crippen LogP contribution in [0.3, 0.4) is 0 Å². The molecule has 0 spiro atoms. The lowest BCUT2D eigenvalue weighted by Gasteiger charge is -2.56. The number of benzene rings is 1. The van der Waals surface area contributed by atoms with Crippen LogP contribution in [0.15, 0.2) is 80.6 Å². The molecule has 23 nitrogen and oxygen atoms in total. The molecule has 130 heavy (non-hydrogen) atoms. The number of carbonyl (C=O) groups is 4. The number of ketones is 4.